The predicted octanol–water partition coefficient (Wildman–Crippen LogP) is 1.64. The summed E-state index contributed by atoms with van der Waals surface area (Å²) in [4.78, 5) is 24.9. The molecule has 0 radical (unpaired) electrons. The third-order valence-electron chi connectivity index (χ3n) is 3.01. The number of amides is 2. The van der Waals surface area contributed by atoms with Crippen molar-refractivity contribution in [1.82, 2.24) is 10.2 Å². The van der Waals surface area contributed by atoms with Crippen LogP contribution in [0.3, 0.4) is 0 Å². The minimum atomic E-state index is -0.0646. The van der Waals surface area contributed by atoms with Crippen LogP contribution in [0.25, 0.3) is 0 Å². The Kier molecular flexibility index (Phi) is 6.88. The van der Waals surface area contributed by atoms with Crippen LogP contribution in [0.1, 0.15) is 25.8 Å². The number of hydrogen-bond donors (Lipinski definition) is 2. The van der Waals surface area contributed by atoms with E-state index in [1.807, 2.05) is 38.1 Å². The van der Waals surface area contributed by atoms with Crippen molar-refractivity contribution < 1.29 is 9.59 Å². The van der Waals surface area contributed by atoms with Gasteiger partial charge in [0.25, 0.3) is 0 Å². The van der Waals surface area contributed by atoms with Gasteiger partial charge in [0.2, 0.25) is 11.8 Å². The smallest absolute Gasteiger partial charge is 0.238 e. The Morgan fingerprint density at radius 3 is 2.57 bits per heavy atom. The van der Waals surface area contributed by atoms with E-state index in [1.165, 1.54) is 0 Å². The molecule has 0 saturated carbocycles. The number of carbonyl (C=O) groups excluding carboxylic acids is 2. The van der Waals surface area contributed by atoms with Crippen LogP contribution in [-0.2, 0) is 16.0 Å². The second-order valence-electron chi connectivity index (χ2n) is 5.57. The SMILES string of the molecule is CC(C)NCC(=O)Nc1cccc(CCC(=O)N(C)C)c1. The molecule has 0 aliphatic rings. The van der Waals surface area contributed by atoms with Crippen LogP contribution in [0.2, 0.25) is 0 Å². The van der Waals surface area contributed by atoms with Crippen LogP contribution in [0.5, 0.6) is 0 Å². The molecule has 0 heterocycles. The van der Waals surface area contributed by atoms with Gasteiger partial charge in [-0.15, -0.1) is 0 Å². The van der Waals surface area contributed by atoms with E-state index in [4.69, 9.17) is 0 Å². The number of rotatable bonds is 7. The molecule has 0 aliphatic carbocycles. The molecule has 0 saturated heterocycles. The van der Waals surface area contributed by atoms with Gasteiger partial charge in [0, 0.05) is 32.2 Å². The quantitative estimate of drug-likeness (QED) is 0.803. The van der Waals surface area contributed by atoms with Crippen molar-refractivity contribution >= 4 is 17.5 Å². The van der Waals surface area contributed by atoms with Gasteiger partial charge in [-0.3, -0.25) is 9.59 Å². The van der Waals surface area contributed by atoms with E-state index >= 15 is 0 Å². The molecule has 0 fully saturated rings. The Morgan fingerprint density at radius 1 is 1.24 bits per heavy atom. The molecule has 21 heavy (non-hydrogen) atoms. The summed E-state index contributed by atoms with van der Waals surface area (Å²) < 4.78 is 0. The summed E-state index contributed by atoms with van der Waals surface area (Å²) in [5.41, 5.74) is 1.81. The Labute approximate surface area is 126 Å². The van der Waals surface area contributed by atoms with E-state index in [0.717, 1.165) is 11.3 Å². The molecule has 0 unspecified atom stereocenters. The Morgan fingerprint density at radius 2 is 1.95 bits per heavy atom. The van der Waals surface area contributed by atoms with Crippen molar-refractivity contribution in [2.45, 2.75) is 32.7 Å². The number of carbonyl (C=O) groups is 2. The lowest BCUT2D eigenvalue weighted by Gasteiger charge is -2.11. The molecular formula is C16H25N3O2. The topological polar surface area (TPSA) is 61.4 Å². The lowest BCUT2D eigenvalue weighted by Crippen LogP contribution is -2.32. The van der Waals surface area contributed by atoms with Gasteiger partial charge in [-0.25, -0.2) is 0 Å². The molecule has 1 aromatic carbocycles. The van der Waals surface area contributed by atoms with E-state index in [-0.39, 0.29) is 17.9 Å². The van der Waals surface area contributed by atoms with Crippen LogP contribution < -0.4 is 10.6 Å². The van der Waals surface area contributed by atoms with Gasteiger partial charge >= 0.3 is 0 Å². The molecule has 5 heteroatoms. The highest BCUT2D eigenvalue weighted by Crippen LogP contribution is 2.12. The Hall–Kier alpha value is -1.88. The molecule has 1 rings (SSSR count). The maximum Gasteiger partial charge on any atom is 0.238 e. The third-order valence-corrected chi connectivity index (χ3v) is 3.01. The van der Waals surface area contributed by atoms with Crippen molar-refractivity contribution in [3.8, 4) is 0 Å². The summed E-state index contributed by atoms with van der Waals surface area (Å²) in [6.45, 7) is 4.28. The molecular weight excluding hydrogens is 266 g/mol. The molecule has 2 amide bonds. The lowest BCUT2D eigenvalue weighted by atomic mass is 10.1. The average Bonchev–Trinajstić information content (AvgIpc) is 2.42. The summed E-state index contributed by atoms with van der Waals surface area (Å²) in [5.74, 6) is 0.0378. The van der Waals surface area contributed by atoms with Gasteiger partial charge in [-0.1, -0.05) is 26.0 Å². The monoisotopic (exact) mass is 291 g/mol. The summed E-state index contributed by atoms with van der Waals surface area (Å²) in [6.07, 6.45) is 1.14. The van der Waals surface area contributed by atoms with E-state index < -0.39 is 0 Å². The van der Waals surface area contributed by atoms with E-state index in [0.29, 0.717) is 19.4 Å². The minimum Gasteiger partial charge on any atom is -0.349 e. The second kappa shape index (κ2) is 8.42. The highest BCUT2D eigenvalue weighted by Gasteiger charge is 2.06. The average molecular weight is 291 g/mol. The molecule has 116 valence electrons. The first-order valence-corrected chi connectivity index (χ1v) is 7.21. The largest absolute Gasteiger partial charge is 0.349 e. The summed E-state index contributed by atoms with van der Waals surface area (Å²) in [7, 11) is 3.50. The van der Waals surface area contributed by atoms with Gasteiger partial charge in [-0.2, -0.15) is 0 Å². The third kappa shape index (κ3) is 6.90. The van der Waals surface area contributed by atoms with E-state index in [1.54, 1.807) is 19.0 Å². The van der Waals surface area contributed by atoms with E-state index in [2.05, 4.69) is 10.6 Å². The fourth-order valence-corrected chi connectivity index (χ4v) is 1.78. The molecule has 1 aromatic rings. The first-order chi connectivity index (χ1) is 9.88. The zero-order valence-corrected chi connectivity index (χ0v) is 13.3. The molecule has 0 aromatic heterocycles. The predicted molar refractivity (Wildman–Crippen MR) is 85.2 cm³/mol. The summed E-state index contributed by atoms with van der Waals surface area (Å²) >= 11 is 0. The van der Waals surface area contributed by atoms with Crippen LogP contribution in [0.15, 0.2) is 24.3 Å². The Balaban J connectivity index is 2.52. The fourth-order valence-electron chi connectivity index (χ4n) is 1.78. The highest BCUT2D eigenvalue weighted by molar-refractivity contribution is 5.92. The van der Waals surface area contributed by atoms with Crippen molar-refractivity contribution in [1.29, 1.82) is 0 Å². The van der Waals surface area contributed by atoms with Gasteiger partial charge in [0.15, 0.2) is 0 Å². The normalized spacial score (nSPS) is 10.5. The van der Waals surface area contributed by atoms with Crippen LogP contribution in [0, 0.1) is 0 Å². The van der Waals surface area contributed by atoms with Crippen molar-refractivity contribution in [2.24, 2.45) is 0 Å². The van der Waals surface area contributed by atoms with Gasteiger partial charge in [-0.05, 0) is 24.1 Å². The fraction of sp³-hybridized carbons (Fsp3) is 0.500. The summed E-state index contributed by atoms with van der Waals surface area (Å²) in [6, 6.07) is 7.89. The number of nitrogens with zero attached hydrogens (tertiary/aromatic N) is 1. The van der Waals surface area contributed by atoms with Gasteiger partial charge < -0.3 is 15.5 Å². The first-order valence-electron chi connectivity index (χ1n) is 7.21. The molecule has 0 aliphatic heterocycles. The van der Waals surface area contributed by atoms with Gasteiger partial charge in [0.1, 0.15) is 0 Å². The zero-order valence-electron chi connectivity index (χ0n) is 13.3. The molecule has 0 bridgehead atoms. The molecule has 2 N–H and O–H groups in total. The van der Waals surface area contributed by atoms with Crippen molar-refractivity contribution in [3.05, 3.63) is 29.8 Å². The lowest BCUT2D eigenvalue weighted by molar-refractivity contribution is -0.128. The number of anilines is 1. The van der Waals surface area contributed by atoms with Crippen LogP contribution in [-0.4, -0.2) is 43.4 Å². The maximum atomic E-state index is 11.7. The zero-order chi connectivity index (χ0) is 15.8. The molecule has 0 spiro atoms. The maximum absolute atomic E-state index is 11.7. The highest BCUT2D eigenvalue weighted by atomic mass is 16.2. The molecule has 5 nitrogen and oxygen atoms in total. The van der Waals surface area contributed by atoms with Crippen LogP contribution in [0.4, 0.5) is 5.69 Å². The Bertz CT molecular complexity index is 484. The standard InChI is InChI=1S/C16H25N3O2/c1-12(2)17-11-15(20)18-14-7-5-6-13(10-14)8-9-16(21)19(3)4/h5-7,10,12,17H,8-9,11H2,1-4H3,(H,18,20). The minimum absolute atomic E-state index is 0.0646. The van der Waals surface area contributed by atoms with Gasteiger partial charge in [0.05, 0.1) is 6.54 Å². The van der Waals surface area contributed by atoms with Crippen LogP contribution >= 0.6 is 0 Å². The number of aryl methyl sites for hydroxylation is 1. The number of benzene rings is 1. The van der Waals surface area contributed by atoms with E-state index in [9.17, 15) is 9.59 Å². The number of nitrogens with one attached hydrogen (secondary N) is 2. The number of hydrogen-bond acceptors (Lipinski definition) is 3. The summed E-state index contributed by atoms with van der Waals surface area (Å²) in [5, 5.41) is 5.92. The molecule has 0 atom stereocenters. The second-order valence-corrected chi connectivity index (χ2v) is 5.57. The van der Waals surface area contributed by atoms with Crippen molar-refractivity contribution in [2.75, 3.05) is 26.0 Å². The first kappa shape index (κ1) is 17.2. The van der Waals surface area contributed by atoms with Crippen molar-refractivity contribution in [3.63, 3.8) is 0 Å².